The average molecular weight is 427 g/mol. The second-order valence-electron chi connectivity index (χ2n) is 8.40. The third kappa shape index (κ3) is 2.99. The van der Waals surface area contributed by atoms with Crippen LogP contribution in [-0.2, 0) is 6.42 Å². The molecule has 0 saturated heterocycles. The van der Waals surface area contributed by atoms with Gasteiger partial charge in [0, 0.05) is 17.5 Å². The highest BCUT2D eigenvalue weighted by atomic mass is 19.1. The molecule has 4 aromatic rings. The maximum Gasteiger partial charge on any atom is 0.278 e. The predicted octanol–water partition coefficient (Wildman–Crippen LogP) is 5.41. The molecule has 1 aliphatic heterocycles. The Morgan fingerprint density at radius 2 is 1.97 bits per heavy atom. The molecule has 1 fully saturated rings. The zero-order valence-electron chi connectivity index (χ0n) is 17.9. The van der Waals surface area contributed by atoms with Gasteiger partial charge in [-0.15, -0.1) is 0 Å². The molecule has 0 amide bonds. The lowest BCUT2D eigenvalue weighted by molar-refractivity contribution is 0.421. The lowest BCUT2D eigenvalue weighted by Gasteiger charge is -2.14. The molecule has 7 heteroatoms. The van der Waals surface area contributed by atoms with Gasteiger partial charge in [-0.25, -0.2) is 9.37 Å². The minimum Gasteiger partial charge on any atom is -0.332 e. The van der Waals surface area contributed by atoms with Gasteiger partial charge in [-0.05, 0) is 55.5 Å². The van der Waals surface area contributed by atoms with Crippen LogP contribution in [0.5, 0.6) is 0 Å². The van der Waals surface area contributed by atoms with Crippen molar-refractivity contribution in [1.29, 1.82) is 0 Å². The SMILES string of the molecule is CCc1noc(-c2ncn3c2[C@@H](C)N=C(c2ccccc2F)c2cc(C4CC4)ccc2-3)n1. The first-order valence-corrected chi connectivity index (χ1v) is 11.0. The van der Waals surface area contributed by atoms with Crippen molar-refractivity contribution in [3.63, 3.8) is 0 Å². The summed E-state index contributed by atoms with van der Waals surface area (Å²) in [6.07, 6.45) is 4.83. The van der Waals surface area contributed by atoms with Crippen molar-refractivity contribution in [2.24, 2.45) is 4.99 Å². The van der Waals surface area contributed by atoms with E-state index < -0.39 is 0 Å². The lowest BCUT2D eigenvalue weighted by atomic mass is 9.96. The van der Waals surface area contributed by atoms with Gasteiger partial charge in [-0.1, -0.05) is 30.3 Å². The van der Waals surface area contributed by atoms with Crippen LogP contribution in [0.25, 0.3) is 17.3 Å². The molecule has 6 nitrogen and oxygen atoms in total. The number of aliphatic imine (C=N–C) groups is 1. The summed E-state index contributed by atoms with van der Waals surface area (Å²) in [5.74, 6) is 1.30. The number of fused-ring (bicyclic) bond motifs is 3. The van der Waals surface area contributed by atoms with E-state index in [0.717, 1.165) is 16.9 Å². The van der Waals surface area contributed by atoms with Crippen molar-refractivity contribution in [2.75, 3.05) is 0 Å². The van der Waals surface area contributed by atoms with Crippen LogP contribution >= 0.6 is 0 Å². The first-order chi connectivity index (χ1) is 15.6. The normalized spacial score (nSPS) is 17.5. The van der Waals surface area contributed by atoms with E-state index in [0.29, 0.717) is 41.0 Å². The third-order valence-electron chi connectivity index (χ3n) is 6.22. The summed E-state index contributed by atoms with van der Waals surface area (Å²) in [7, 11) is 0. The molecule has 0 spiro atoms. The Balaban J connectivity index is 1.60. The second-order valence-corrected chi connectivity index (χ2v) is 8.40. The van der Waals surface area contributed by atoms with E-state index in [-0.39, 0.29) is 11.9 Å². The summed E-state index contributed by atoms with van der Waals surface area (Å²) in [5.41, 5.74) is 5.72. The van der Waals surface area contributed by atoms with Gasteiger partial charge in [0.15, 0.2) is 11.5 Å². The second kappa shape index (κ2) is 7.22. The molecular weight excluding hydrogens is 405 g/mol. The molecule has 0 unspecified atom stereocenters. The first-order valence-electron chi connectivity index (χ1n) is 11.0. The number of hydrogen-bond acceptors (Lipinski definition) is 5. The van der Waals surface area contributed by atoms with E-state index in [9.17, 15) is 4.39 Å². The van der Waals surface area contributed by atoms with Crippen LogP contribution in [-0.4, -0.2) is 25.4 Å². The fourth-order valence-electron chi connectivity index (χ4n) is 4.42. The minimum atomic E-state index is -0.296. The largest absolute Gasteiger partial charge is 0.332 e. The molecule has 2 aliphatic rings. The molecule has 1 atom stereocenters. The minimum absolute atomic E-state index is 0.282. The van der Waals surface area contributed by atoms with E-state index in [2.05, 4.69) is 33.3 Å². The highest BCUT2D eigenvalue weighted by Gasteiger charge is 2.31. The van der Waals surface area contributed by atoms with Crippen molar-refractivity contribution in [1.82, 2.24) is 19.7 Å². The topological polar surface area (TPSA) is 69.1 Å². The Labute approximate surface area is 184 Å². The van der Waals surface area contributed by atoms with Crippen LogP contribution in [0.1, 0.15) is 66.9 Å². The van der Waals surface area contributed by atoms with Crippen molar-refractivity contribution in [2.45, 2.75) is 45.1 Å². The number of aromatic nitrogens is 4. The van der Waals surface area contributed by atoms with Gasteiger partial charge in [-0.3, -0.25) is 9.56 Å². The van der Waals surface area contributed by atoms with Crippen molar-refractivity contribution in [3.05, 3.63) is 82.8 Å². The number of halogens is 1. The zero-order valence-corrected chi connectivity index (χ0v) is 17.9. The number of nitrogens with zero attached hydrogens (tertiary/aromatic N) is 5. The molecule has 32 heavy (non-hydrogen) atoms. The van der Waals surface area contributed by atoms with Gasteiger partial charge in [0.2, 0.25) is 0 Å². The Hall–Kier alpha value is -3.61. The standard InChI is InChI=1S/C25H22FN5O/c1-3-21-29-25(32-30-21)23-24-14(2)28-22(17-6-4-5-7-19(17)26)18-12-16(15-8-9-15)10-11-20(18)31(24)13-27-23/h4-7,10-15H,3,8-9H2,1-2H3/t14-/m1/s1. The average Bonchev–Trinajstić information content (AvgIpc) is 3.41. The fourth-order valence-corrected chi connectivity index (χ4v) is 4.42. The van der Waals surface area contributed by atoms with Crippen LogP contribution in [0.4, 0.5) is 4.39 Å². The maximum absolute atomic E-state index is 14.9. The Kier molecular flexibility index (Phi) is 4.31. The van der Waals surface area contributed by atoms with Crippen LogP contribution in [0.3, 0.4) is 0 Å². The number of aryl methyl sites for hydroxylation is 1. The Morgan fingerprint density at radius 3 is 2.72 bits per heavy atom. The van der Waals surface area contributed by atoms with Gasteiger partial charge >= 0.3 is 0 Å². The van der Waals surface area contributed by atoms with Gasteiger partial charge < -0.3 is 4.52 Å². The molecule has 6 rings (SSSR count). The first kappa shape index (κ1) is 19.1. The maximum atomic E-state index is 14.9. The van der Waals surface area contributed by atoms with Gasteiger partial charge in [0.05, 0.1) is 23.1 Å². The molecule has 1 saturated carbocycles. The number of rotatable bonds is 4. The summed E-state index contributed by atoms with van der Waals surface area (Å²) < 4.78 is 22.4. The molecule has 2 aromatic carbocycles. The molecular formula is C25H22FN5O. The summed E-state index contributed by atoms with van der Waals surface area (Å²) in [6.45, 7) is 3.96. The van der Waals surface area contributed by atoms with Crippen molar-refractivity contribution < 1.29 is 8.91 Å². The van der Waals surface area contributed by atoms with E-state index in [1.165, 1.54) is 24.5 Å². The van der Waals surface area contributed by atoms with E-state index in [1.54, 1.807) is 18.5 Å². The fraction of sp³-hybridized carbons (Fsp3) is 0.280. The highest BCUT2D eigenvalue weighted by Crippen LogP contribution is 2.42. The van der Waals surface area contributed by atoms with Crippen molar-refractivity contribution in [3.8, 4) is 17.3 Å². The molecule has 160 valence electrons. The predicted molar refractivity (Wildman–Crippen MR) is 119 cm³/mol. The quantitative estimate of drug-likeness (QED) is 0.436. The van der Waals surface area contributed by atoms with Crippen LogP contribution in [0.15, 0.2) is 58.3 Å². The van der Waals surface area contributed by atoms with Crippen LogP contribution < -0.4 is 0 Å². The summed E-state index contributed by atoms with van der Waals surface area (Å²) in [4.78, 5) is 14.1. The monoisotopic (exact) mass is 427 g/mol. The van der Waals surface area contributed by atoms with Gasteiger partial charge in [0.1, 0.15) is 12.1 Å². The summed E-state index contributed by atoms with van der Waals surface area (Å²) in [6, 6.07) is 13.0. The Morgan fingerprint density at radius 1 is 1.12 bits per heavy atom. The number of hydrogen-bond donors (Lipinski definition) is 0. The van der Waals surface area contributed by atoms with Gasteiger partial charge in [0.25, 0.3) is 5.89 Å². The molecule has 3 heterocycles. The number of imidazole rings is 1. The van der Waals surface area contributed by atoms with E-state index in [1.807, 2.05) is 24.5 Å². The molecule has 2 aromatic heterocycles. The molecule has 0 N–H and O–H groups in total. The summed E-state index contributed by atoms with van der Waals surface area (Å²) >= 11 is 0. The van der Waals surface area contributed by atoms with Gasteiger partial charge in [-0.2, -0.15) is 4.98 Å². The Bertz CT molecular complexity index is 1360. The van der Waals surface area contributed by atoms with Crippen LogP contribution in [0.2, 0.25) is 0 Å². The lowest BCUT2D eigenvalue weighted by Crippen LogP contribution is -2.09. The third-order valence-corrected chi connectivity index (χ3v) is 6.22. The van der Waals surface area contributed by atoms with Crippen molar-refractivity contribution >= 4 is 5.71 Å². The highest BCUT2D eigenvalue weighted by molar-refractivity contribution is 6.15. The smallest absolute Gasteiger partial charge is 0.278 e. The molecule has 0 bridgehead atoms. The summed E-state index contributed by atoms with van der Waals surface area (Å²) in [5, 5.41) is 4.02. The molecule has 0 radical (unpaired) electrons. The van der Waals surface area contributed by atoms with Crippen LogP contribution in [0, 0.1) is 5.82 Å². The number of benzene rings is 2. The van der Waals surface area contributed by atoms with E-state index in [4.69, 9.17) is 9.52 Å². The molecule has 1 aliphatic carbocycles. The van der Waals surface area contributed by atoms with E-state index >= 15 is 0 Å². The zero-order chi connectivity index (χ0) is 21.8.